The second kappa shape index (κ2) is 4.77. The highest BCUT2D eigenvalue weighted by Gasteiger charge is 2.32. The fraction of sp³-hybridized carbons (Fsp3) is 0.0909. The number of hydrogen-bond donors (Lipinski definition) is 0. The van der Waals surface area contributed by atoms with E-state index < -0.39 is 6.36 Å². The van der Waals surface area contributed by atoms with Gasteiger partial charge in [0.1, 0.15) is 5.69 Å². The molecule has 0 N–H and O–H groups in total. The van der Waals surface area contributed by atoms with Gasteiger partial charge in [-0.25, -0.2) is 0 Å². The molecule has 2 aromatic heterocycles. The van der Waals surface area contributed by atoms with E-state index in [4.69, 9.17) is 0 Å². The van der Waals surface area contributed by atoms with Crippen molar-refractivity contribution in [3.8, 4) is 16.3 Å². The molecule has 0 aliphatic rings. The van der Waals surface area contributed by atoms with Crippen molar-refractivity contribution in [1.29, 1.82) is 0 Å². The van der Waals surface area contributed by atoms with E-state index >= 15 is 0 Å². The zero-order chi connectivity index (χ0) is 13.2. The Morgan fingerprint density at radius 3 is 2.67 bits per heavy atom. The summed E-state index contributed by atoms with van der Waals surface area (Å²) in [6.45, 7) is 0. The second-order valence-electron chi connectivity index (χ2n) is 3.22. The zero-order valence-electron chi connectivity index (χ0n) is 8.77. The first-order valence-corrected chi connectivity index (χ1v) is 5.57. The van der Waals surface area contributed by atoms with Crippen LogP contribution in [0.4, 0.5) is 13.2 Å². The average Bonchev–Trinajstić information content (AvgIpc) is 2.76. The summed E-state index contributed by atoms with van der Waals surface area (Å²) in [5, 5.41) is 0. The molecule has 0 spiro atoms. The number of aromatic nitrogens is 1. The van der Waals surface area contributed by atoms with Crippen molar-refractivity contribution in [3.05, 3.63) is 35.3 Å². The number of nitrogens with zero attached hydrogens (tertiary/aromatic N) is 1. The zero-order valence-corrected chi connectivity index (χ0v) is 9.59. The molecule has 0 aliphatic heterocycles. The van der Waals surface area contributed by atoms with Crippen molar-refractivity contribution in [2.45, 2.75) is 6.36 Å². The number of rotatable bonds is 3. The van der Waals surface area contributed by atoms with Crippen LogP contribution in [-0.4, -0.2) is 17.6 Å². The SMILES string of the molecule is O=Cc1ccc(-c2ncccc2OC(F)(F)F)s1. The van der Waals surface area contributed by atoms with E-state index in [2.05, 4.69) is 9.72 Å². The summed E-state index contributed by atoms with van der Waals surface area (Å²) in [6.07, 6.45) is -2.79. The Bertz CT molecular complexity index is 565. The minimum absolute atomic E-state index is 0.0629. The van der Waals surface area contributed by atoms with Gasteiger partial charge >= 0.3 is 6.36 Å². The van der Waals surface area contributed by atoms with Crippen LogP contribution < -0.4 is 4.74 Å². The molecule has 0 bridgehead atoms. The molecule has 3 nitrogen and oxygen atoms in total. The van der Waals surface area contributed by atoms with Crippen molar-refractivity contribution >= 4 is 17.6 Å². The largest absolute Gasteiger partial charge is 0.573 e. The third-order valence-corrected chi connectivity index (χ3v) is 2.99. The molecule has 0 unspecified atom stereocenters. The molecule has 0 aliphatic carbocycles. The number of carbonyl (C=O) groups is 1. The van der Waals surface area contributed by atoms with E-state index in [9.17, 15) is 18.0 Å². The van der Waals surface area contributed by atoms with Gasteiger partial charge in [0.25, 0.3) is 0 Å². The smallest absolute Gasteiger partial charge is 0.403 e. The maximum absolute atomic E-state index is 12.2. The van der Waals surface area contributed by atoms with Crippen LogP contribution in [0, 0.1) is 0 Å². The molecule has 0 atom stereocenters. The summed E-state index contributed by atoms with van der Waals surface area (Å²) in [6, 6.07) is 5.56. The van der Waals surface area contributed by atoms with Gasteiger partial charge in [-0.05, 0) is 24.3 Å². The number of hydrogen-bond acceptors (Lipinski definition) is 4. The van der Waals surface area contributed by atoms with Gasteiger partial charge in [0.05, 0.1) is 9.75 Å². The third kappa shape index (κ3) is 2.86. The first-order valence-electron chi connectivity index (χ1n) is 4.76. The molecule has 0 aromatic carbocycles. The summed E-state index contributed by atoms with van der Waals surface area (Å²) in [5.74, 6) is -0.385. The van der Waals surface area contributed by atoms with Crippen molar-refractivity contribution in [3.63, 3.8) is 0 Å². The number of ether oxygens (including phenoxy) is 1. The fourth-order valence-corrected chi connectivity index (χ4v) is 2.15. The topological polar surface area (TPSA) is 39.2 Å². The molecule has 0 fully saturated rings. The summed E-state index contributed by atoms with van der Waals surface area (Å²) in [5.41, 5.74) is 0.0629. The lowest BCUT2D eigenvalue weighted by atomic mass is 10.3. The molecule has 2 rings (SSSR count). The van der Waals surface area contributed by atoms with Gasteiger partial charge in [-0.2, -0.15) is 0 Å². The Kier molecular flexibility index (Phi) is 3.33. The number of carbonyl (C=O) groups excluding carboxylic acids is 1. The first kappa shape index (κ1) is 12.6. The van der Waals surface area contributed by atoms with Crippen molar-refractivity contribution < 1.29 is 22.7 Å². The maximum atomic E-state index is 12.2. The van der Waals surface area contributed by atoms with Crippen LogP contribution in [0.1, 0.15) is 9.67 Å². The Morgan fingerprint density at radius 2 is 2.06 bits per heavy atom. The Labute approximate surface area is 104 Å². The number of alkyl halides is 3. The molecule has 18 heavy (non-hydrogen) atoms. The van der Waals surface area contributed by atoms with Gasteiger partial charge in [0.2, 0.25) is 0 Å². The number of aldehydes is 1. The summed E-state index contributed by atoms with van der Waals surface area (Å²) in [7, 11) is 0. The molecule has 0 saturated carbocycles. The third-order valence-electron chi connectivity index (χ3n) is 1.97. The monoisotopic (exact) mass is 273 g/mol. The number of thiophene rings is 1. The fourth-order valence-electron chi connectivity index (χ4n) is 1.33. The van der Waals surface area contributed by atoms with E-state index in [-0.39, 0.29) is 11.4 Å². The van der Waals surface area contributed by atoms with Crippen molar-refractivity contribution in [2.24, 2.45) is 0 Å². The van der Waals surface area contributed by atoms with Crippen LogP contribution in [0.5, 0.6) is 5.75 Å². The van der Waals surface area contributed by atoms with Crippen LogP contribution in [0.25, 0.3) is 10.6 Å². The second-order valence-corrected chi connectivity index (χ2v) is 4.33. The van der Waals surface area contributed by atoms with Crippen LogP contribution in [0.15, 0.2) is 30.5 Å². The van der Waals surface area contributed by atoms with E-state index in [0.717, 1.165) is 11.3 Å². The van der Waals surface area contributed by atoms with Gasteiger partial charge < -0.3 is 4.74 Å². The standard InChI is InChI=1S/C11H6F3NO2S/c12-11(13,14)17-8-2-1-5-15-10(8)9-4-3-7(6-16)18-9/h1-6H. The van der Waals surface area contributed by atoms with Gasteiger partial charge in [0, 0.05) is 6.20 Å². The lowest BCUT2D eigenvalue weighted by molar-refractivity contribution is -0.274. The lowest BCUT2D eigenvalue weighted by Gasteiger charge is -2.11. The molecule has 0 amide bonds. The molecular formula is C11H6F3NO2S. The Balaban J connectivity index is 2.41. The van der Waals surface area contributed by atoms with Gasteiger partial charge in [-0.15, -0.1) is 24.5 Å². The highest BCUT2D eigenvalue weighted by molar-refractivity contribution is 7.17. The summed E-state index contributed by atoms with van der Waals surface area (Å²) >= 11 is 1.05. The predicted molar refractivity (Wildman–Crippen MR) is 59.6 cm³/mol. The summed E-state index contributed by atoms with van der Waals surface area (Å²) < 4.78 is 40.5. The molecule has 94 valence electrons. The molecule has 0 saturated heterocycles. The Hall–Kier alpha value is -1.89. The van der Waals surface area contributed by atoms with Gasteiger partial charge in [0.15, 0.2) is 12.0 Å². The van der Waals surface area contributed by atoms with Crippen LogP contribution in [-0.2, 0) is 0 Å². The normalized spacial score (nSPS) is 11.3. The minimum atomic E-state index is -4.78. The quantitative estimate of drug-likeness (QED) is 0.803. The maximum Gasteiger partial charge on any atom is 0.573 e. The molecule has 7 heteroatoms. The van der Waals surface area contributed by atoms with E-state index in [1.807, 2.05) is 0 Å². The summed E-state index contributed by atoms with van der Waals surface area (Å²) in [4.78, 5) is 15.2. The van der Waals surface area contributed by atoms with Gasteiger partial charge in [-0.1, -0.05) is 0 Å². The minimum Gasteiger partial charge on any atom is -0.403 e. The molecular weight excluding hydrogens is 267 g/mol. The predicted octanol–water partition coefficient (Wildman–Crippen LogP) is 3.52. The number of halogens is 3. The van der Waals surface area contributed by atoms with Crippen LogP contribution in [0.2, 0.25) is 0 Å². The van der Waals surface area contributed by atoms with Crippen LogP contribution >= 0.6 is 11.3 Å². The molecule has 0 radical (unpaired) electrons. The van der Waals surface area contributed by atoms with E-state index in [1.54, 1.807) is 0 Å². The van der Waals surface area contributed by atoms with Crippen LogP contribution in [0.3, 0.4) is 0 Å². The lowest BCUT2D eigenvalue weighted by Crippen LogP contribution is -2.17. The van der Waals surface area contributed by atoms with E-state index in [1.165, 1.54) is 30.5 Å². The van der Waals surface area contributed by atoms with Gasteiger partial charge in [-0.3, -0.25) is 9.78 Å². The molecule has 2 heterocycles. The van der Waals surface area contributed by atoms with Crippen molar-refractivity contribution in [2.75, 3.05) is 0 Å². The first-order chi connectivity index (χ1) is 8.49. The highest BCUT2D eigenvalue weighted by Crippen LogP contribution is 2.35. The average molecular weight is 273 g/mol. The molecule has 2 aromatic rings. The highest BCUT2D eigenvalue weighted by atomic mass is 32.1. The Morgan fingerprint density at radius 1 is 1.28 bits per heavy atom. The van der Waals surface area contributed by atoms with E-state index in [0.29, 0.717) is 16.0 Å². The number of pyridine rings is 1. The van der Waals surface area contributed by atoms with Crippen molar-refractivity contribution in [1.82, 2.24) is 4.98 Å².